The molecule has 1 amide bonds. The van der Waals surface area contributed by atoms with Crippen LogP contribution in [0.4, 0.5) is 0 Å². The van der Waals surface area contributed by atoms with Gasteiger partial charge in [0.15, 0.2) is 0 Å². The van der Waals surface area contributed by atoms with Crippen molar-refractivity contribution < 1.29 is 4.79 Å². The van der Waals surface area contributed by atoms with Crippen LogP contribution in [0.2, 0.25) is 5.02 Å². The molecular weight excluding hydrogens is 282 g/mol. The Bertz CT molecular complexity index is 675. The summed E-state index contributed by atoms with van der Waals surface area (Å²) in [5.74, 6) is -0.0383. The van der Waals surface area contributed by atoms with E-state index in [4.69, 9.17) is 11.6 Å². The molecule has 1 saturated carbocycles. The number of carbonyl (C=O) groups is 1. The Hall–Kier alpha value is -2.06. The average Bonchev–Trinajstić information content (AvgIpc) is 3.31. The van der Waals surface area contributed by atoms with Gasteiger partial charge in [-0.2, -0.15) is 0 Å². The first-order chi connectivity index (χ1) is 10.2. The number of rotatable bonds is 4. The molecule has 1 aliphatic rings. The van der Waals surface area contributed by atoms with Gasteiger partial charge < -0.3 is 5.32 Å². The van der Waals surface area contributed by atoms with Gasteiger partial charge in [0.2, 0.25) is 0 Å². The van der Waals surface area contributed by atoms with Crippen LogP contribution in [0.15, 0.2) is 54.6 Å². The smallest absolute Gasteiger partial charge is 0.252 e. The number of hydrogen-bond donors (Lipinski definition) is 1. The van der Waals surface area contributed by atoms with Crippen LogP contribution in [0.5, 0.6) is 0 Å². The zero-order chi connectivity index (χ0) is 14.7. The van der Waals surface area contributed by atoms with Gasteiger partial charge >= 0.3 is 0 Å². The number of carbonyl (C=O) groups excluding carboxylic acids is 1. The van der Waals surface area contributed by atoms with Crippen LogP contribution in [0.25, 0.3) is 11.6 Å². The summed E-state index contributed by atoms with van der Waals surface area (Å²) < 4.78 is 0. The maximum absolute atomic E-state index is 12.5. The molecule has 0 atom stereocenters. The molecule has 0 bridgehead atoms. The van der Waals surface area contributed by atoms with E-state index >= 15 is 0 Å². The minimum atomic E-state index is -0.0383. The van der Waals surface area contributed by atoms with Gasteiger partial charge in [-0.05, 0) is 36.1 Å². The summed E-state index contributed by atoms with van der Waals surface area (Å²) in [7, 11) is 0. The number of benzene rings is 2. The normalized spacial score (nSPS) is 14.8. The lowest BCUT2D eigenvalue weighted by molar-refractivity contribution is -0.115. The number of halogens is 1. The summed E-state index contributed by atoms with van der Waals surface area (Å²) in [6, 6.07) is 17.5. The highest BCUT2D eigenvalue weighted by Crippen LogP contribution is 2.25. The third kappa shape index (κ3) is 3.53. The van der Waals surface area contributed by atoms with Crippen molar-refractivity contribution in [1.82, 2.24) is 5.32 Å². The predicted octanol–water partition coefficient (Wildman–Crippen LogP) is 4.16. The molecule has 3 heteroatoms. The molecule has 3 rings (SSSR count). The van der Waals surface area contributed by atoms with E-state index in [-0.39, 0.29) is 5.91 Å². The first kappa shape index (κ1) is 13.9. The minimum absolute atomic E-state index is 0.0383. The Kier molecular flexibility index (Phi) is 4.07. The summed E-state index contributed by atoms with van der Waals surface area (Å²) in [6.07, 6.45) is 4.00. The summed E-state index contributed by atoms with van der Waals surface area (Å²) >= 11 is 6.20. The van der Waals surface area contributed by atoms with Gasteiger partial charge in [-0.3, -0.25) is 4.79 Å². The summed E-state index contributed by atoms with van der Waals surface area (Å²) in [6.45, 7) is 0. The average molecular weight is 298 g/mol. The van der Waals surface area contributed by atoms with Gasteiger partial charge in [0.25, 0.3) is 5.91 Å². The molecule has 0 saturated heterocycles. The zero-order valence-corrected chi connectivity index (χ0v) is 12.3. The Balaban J connectivity index is 1.99. The lowest BCUT2D eigenvalue weighted by Crippen LogP contribution is -2.26. The lowest BCUT2D eigenvalue weighted by Gasteiger charge is -2.09. The summed E-state index contributed by atoms with van der Waals surface area (Å²) in [5.41, 5.74) is 2.40. The number of amides is 1. The lowest BCUT2D eigenvalue weighted by atomic mass is 10.0. The van der Waals surface area contributed by atoms with Gasteiger partial charge in [0.1, 0.15) is 0 Å². The highest BCUT2D eigenvalue weighted by molar-refractivity contribution is 6.33. The van der Waals surface area contributed by atoms with Gasteiger partial charge in [-0.25, -0.2) is 0 Å². The Morgan fingerprint density at radius 1 is 1.05 bits per heavy atom. The van der Waals surface area contributed by atoms with Crippen molar-refractivity contribution in [3.63, 3.8) is 0 Å². The molecule has 1 aliphatic carbocycles. The Morgan fingerprint density at radius 2 is 1.71 bits per heavy atom. The first-order valence-corrected chi connectivity index (χ1v) is 7.44. The van der Waals surface area contributed by atoms with E-state index < -0.39 is 0 Å². The Morgan fingerprint density at radius 3 is 2.38 bits per heavy atom. The fraction of sp³-hybridized carbons (Fsp3) is 0.167. The molecular formula is C18H16ClNO. The molecule has 0 aromatic heterocycles. The summed E-state index contributed by atoms with van der Waals surface area (Å²) in [5, 5.41) is 3.69. The predicted molar refractivity (Wildman–Crippen MR) is 86.9 cm³/mol. The van der Waals surface area contributed by atoms with E-state index in [1.807, 2.05) is 60.7 Å². The zero-order valence-electron chi connectivity index (χ0n) is 11.6. The highest BCUT2D eigenvalue weighted by atomic mass is 35.5. The molecule has 0 unspecified atom stereocenters. The van der Waals surface area contributed by atoms with Crippen molar-refractivity contribution in [2.24, 2.45) is 0 Å². The number of hydrogen-bond acceptors (Lipinski definition) is 1. The minimum Gasteiger partial charge on any atom is -0.349 e. The van der Waals surface area contributed by atoms with Crippen LogP contribution in [-0.2, 0) is 4.79 Å². The van der Waals surface area contributed by atoms with Gasteiger partial charge in [-0.1, -0.05) is 60.1 Å². The molecule has 2 nitrogen and oxygen atoms in total. The quantitative estimate of drug-likeness (QED) is 0.666. The SMILES string of the molecule is O=C(NC1CC1)/C(=C/c1ccccc1Cl)c1ccccc1. The van der Waals surface area contributed by atoms with Crippen LogP contribution in [0.1, 0.15) is 24.0 Å². The third-order valence-electron chi connectivity index (χ3n) is 3.45. The maximum atomic E-state index is 12.5. The standard InChI is InChI=1S/C18H16ClNO/c19-17-9-5-4-8-14(17)12-16(13-6-2-1-3-7-13)18(21)20-15-10-11-15/h1-9,12,15H,10-11H2,(H,20,21)/b16-12+. The van der Waals surface area contributed by atoms with E-state index in [9.17, 15) is 4.79 Å². The van der Waals surface area contributed by atoms with Crippen molar-refractivity contribution in [3.05, 3.63) is 70.7 Å². The van der Waals surface area contributed by atoms with E-state index in [0.29, 0.717) is 16.6 Å². The van der Waals surface area contributed by atoms with Crippen molar-refractivity contribution in [3.8, 4) is 0 Å². The van der Waals surface area contributed by atoms with E-state index in [2.05, 4.69) is 5.32 Å². The van der Waals surface area contributed by atoms with E-state index in [1.165, 1.54) is 0 Å². The topological polar surface area (TPSA) is 29.1 Å². The highest BCUT2D eigenvalue weighted by Gasteiger charge is 2.25. The molecule has 1 fully saturated rings. The van der Waals surface area contributed by atoms with Crippen LogP contribution < -0.4 is 5.32 Å². The van der Waals surface area contributed by atoms with Crippen molar-refractivity contribution in [2.75, 3.05) is 0 Å². The molecule has 106 valence electrons. The molecule has 2 aromatic rings. The first-order valence-electron chi connectivity index (χ1n) is 7.06. The van der Waals surface area contributed by atoms with Crippen LogP contribution in [0, 0.1) is 0 Å². The van der Waals surface area contributed by atoms with Gasteiger partial charge in [-0.15, -0.1) is 0 Å². The second kappa shape index (κ2) is 6.15. The second-order valence-corrected chi connectivity index (χ2v) is 5.60. The van der Waals surface area contributed by atoms with Crippen LogP contribution in [-0.4, -0.2) is 11.9 Å². The van der Waals surface area contributed by atoms with Crippen molar-refractivity contribution in [1.29, 1.82) is 0 Å². The van der Waals surface area contributed by atoms with Crippen molar-refractivity contribution in [2.45, 2.75) is 18.9 Å². The molecule has 0 aliphatic heterocycles. The largest absolute Gasteiger partial charge is 0.349 e. The number of nitrogens with one attached hydrogen (secondary N) is 1. The van der Waals surface area contributed by atoms with Crippen molar-refractivity contribution >= 4 is 29.2 Å². The molecule has 0 heterocycles. The van der Waals surface area contributed by atoms with Gasteiger partial charge in [0.05, 0.1) is 0 Å². The monoisotopic (exact) mass is 297 g/mol. The van der Waals surface area contributed by atoms with Gasteiger partial charge in [0, 0.05) is 16.6 Å². The molecule has 0 spiro atoms. The van der Waals surface area contributed by atoms with E-state index in [1.54, 1.807) is 0 Å². The van der Waals surface area contributed by atoms with Crippen LogP contribution in [0.3, 0.4) is 0 Å². The molecule has 21 heavy (non-hydrogen) atoms. The fourth-order valence-electron chi connectivity index (χ4n) is 2.14. The molecule has 1 N–H and O–H groups in total. The Labute approximate surface area is 129 Å². The van der Waals surface area contributed by atoms with E-state index in [0.717, 1.165) is 24.0 Å². The second-order valence-electron chi connectivity index (χ2n) is 5.19. The maximum Gasteiger partial charge on any atom is 0.252 e. The third-order valence-corrected chi connectivity index (χ3v) is 3.79. The summed E-state index contributed by atoms with van der Waals surface area (Å²) in [4.78, 5) is 12.5. The molecule has 0 radical (unpaired) electrons. The van der Waals surface area contributed by atoms with Crippen LogP contribution >= 0.6 is 11.6 Å². The molecule has 2 aromatic carbocycles. The fourth-order valence-corrected chi connectivity index (χ4v) is 2.33.